The maximum Gasteiger partial charge on any atom is 0.124 e. The molecule has 0 bridgehead atoms. The fourth-order valence-corrected chi connectivity index (χ4v) is 2.74. The van der Waals surface area contributed by atoms with Gasteiger partial charge in [0.25, 0.3) is 0 Å². The number of nitrogens with zero attached hydrogens (tertiary/aromatic N) is 2. The first-order valence-electron chi connectivity index (χ1n) is 7.15. The highest BCUT2D eigenvalue weighted by molar-refractivity contribution is 5.34. The summed E-state index contributed by atoms with van der Waals surface area (Å²) in [4.78, 5) is 0. The van der Waals surface area contributed by atoms with Gasteiger partial charge in [0.15, 0.2) is 0 Å². The molecule has 100 valence electrons. The van der Waals surface area contributed by atoms with Crippen LogP contribution in [-0.2, 0) is 0 Å². The molecule has 2 aliphatic rings. The van der Waals surface area contributed by atoms with E-state index in [0.717, 1.165) is 25.5 Å². The predicted octanol–water partition coefficient (Wildman–Crippen LogP) is 0.972. The largest absolute Gasteiger partial charge is 0.370 e. The van der Waals surface area contributed by atoms with Crippen molar-refractivity contribution in [1.82, 2.24) is 20.4 Å². The van der Waals surface area contributed by atoms with E-state index in [1.807, 2.05) is 6.20 Å². The minimum absolute atomic E-state index is 0.537. The maximum absolute atomic E-state index is 4.40. The van der Waals surface area contributed by atoms with Gasteiger partial charge in [-0.15, -0.1) is 0 Å². The highest BCUT2D eigenvalue weighted by atomic mass is 15.4. The lowest BCUT2D eigenvalue weighted by molar-refractivity contribution is 0.321. The molecule has 0 saturated carbocycles. The van der Waals surface area contributed by atoms with Crippen LogP contribution in [-0.4, -0.2) is 42.0 Å². The van der Waals surface area contributed by atoms with Crippen molar-refractivity contribution in [2.75, 3.05) is 31.5 Å². The lowest BCUT2D eigenvalue weighted by Gasteiger charge is -2.29. The van der Waals surface area contributed by atoms with E-state index in [-0.39, 0.29) is 0 Å². The highest BCUT2D eigenvalue weighted by Gasteiger charge is 2.21. The van der Waals surface area contributed by atoms with Gasteiger partial charge in [-0.05, 0) is 25.8 Å². The van der Waals surface area contributed by atoms with Crippen molar-refractivity contribution in [3.63, 3.8) is 0 Å². The van der Waals surface area contributed by atoms with E-state index in [0.29, 0.717) is 12.1 Å². The van der Waals surface area contributed by atoms with Crippen LogP contribution in [0.25, 0.3) is 0 Å². The standard InChI is InChI=1S/C13H23N5/c1-2-6-15-11(3-1)4-7-16-13-5-8-17-18(13)12-9-14-10-12/h5,8,11-12,14-16H,1-4,6-7,9-10H2. The zero-order valence-electron chi connectivity index (χ0n) is 10.9. The quantitative estimate of drug-likeness (QED) is 0.728. The Morgan fingerprint density at radius 1 is 1.39 bits per heavy atom. The molecule has 0 aliphatic carbocycles. The summed E-state index contributed by atoms with van der Waals surface area (Å²) in [5.74, 6) is 1.16. The Hall–Kier alpha value is -1.07. The van der Waals surface area contributed by atoms with E-state index in [1.165, 1.54) is 32.2 Å². The predicted molar refractivity (Wildman–Crippen MR) is 72.9 cm³/mol. The van der Waals surface area contributed by atoms with Crippen LogP contribution in [0, 0.1) is 0 Å². The molecule has 1 aromatic rings. The van der Waals surface area contributed by atoms with Gasteiger partial charge in [0.05, 0.1) is 12.2 Å². The third-order valence-electron chi connectivity index (χ3n) is 3.99. The molecular formula is C13H23N5. The number of hydrogen-bond acceptors (Lipinski definition) is 4. The van der Waals surface area contributed by atoms with E-state index >= 15 is 0 Å². The van der Waals surface area contributed by atoms with Crippen LogP contribution in [0.5, 0.6) is 0 Å². The van der Waals surface area contributed by atoms with Gasteiger partial charge in [-0.3, -0.25) is 0 Å². The maximum atomic E-state index is 4.40. The Labute approximate surface area is 108 Å². The topological polar surface area (TPSA) is 53.9 Å². The molecule has 1 atom stereocenters. The summed E-state index contributed by atoms with van der Waals surface area (Å²) in [6, 6.07) is 3.32. The zero-order valence-corrected chi connectivity index (χ0v) is 10.9. The second-order valence-corrected chi connectivity index (χ2v) is 5.34. The van der Waals surface area contributed by atoms with Crippen LogP contribution in [0.3, 0.4) is 0 Å². The summed E-state index contributed by atoms with van der Waals surface area (Å²) in [5, 5.41) is 14.8. The van der Waals surface area contributed by atoms with E-state index in [4.69, 9.17) is 0 Å². The molecule has 2 fully saturated rings. The van der Waals surface area contributed by atoms with Crippen molar-refractivity contribution in [2.24, 2.45) is 0 Å². The second-order valence-electron chi connectivity index (χ2n) is 5.34. The average Bonchev–Trinajstić information content (AvgIpc) is 2.77. The molecule has 3 heterocycles. The first-order chi connectivity index (χ1) is 8.93. The van der Waals surface area contributed by atoms with Gasteiger partial charge in [-0.25, -0.2) is 4.68 Å². The number of piperidine rings is 1. The molecule has 3 N–H and O–H groups in total. The SMILES string of the molecule is c1cc(NCCC2CCCCN2)n(C2CNC2)n1. The molecule has 3 rings (SSSR count). The van der Waals surface area contributed by atoms with Crippen LogP contribution >= 0.6 is 0 Å². The summed E-state index contributed by atoms with van der Waals surface area (Å²) in [7, 11) is 0. The Morgan fingerprint density at radius 2 is 2.33 bits per heavy atom. The number of hydrogen-bond donors (Lipinski definition) is 3. The van der Waals surface area contributed by atoms with Crippen LogP contribution in [0.4, 0.5) is 5.82 Å². The van der Waals surface area contributed by atoms with Crippen molar-refractivity contribution < 1.29 is 0 Å². The molecule has 0 radical (unpaired) electrons. The minimum Gasteiger partial charge on any atom is -0.370 e. The molecule has 0 spiro atoms. The molecule has 1 aromatic heterocycles. The Kier molecular flexibility index (Phi) is 3.81. The van der Waals surface area contributed by atoms with Crippen LogP contribution < -0.4 is 16.0 Å². The van der Waals surface area contributed by atoms with Crippen molar-refractivity contribution in [3.8, 4) is 0 Å². The Balaban J connectivity index is 1.46. The van der Waals surface area contributed by atoms with Crippen LogP contribution in [0.15, 0.2) is 12.3 Å². The molecule has 2 aliphatic heterocycles. The molecule has 5 nitrogen and oxygen atoms in total. The zero-order chi connectivity index (χ0) is 12.2. The van der Waals surface area contributed by atoms with Crippen LogP contribution in [0.1, 0.15) is 31.7 Å². The lowest BCUT2D eigenvalue weighted by atomic mass is 10.0. The number of anilines is 1. The number of aromatic nitrogens is 2. The second kappa shape index (κ2) is 5.71. The molecule has 0 amide bonds. The molecule has 1 unspecified atom stereocenters. The first-order valence-corrected chi connectivity index (χ1v) is 7.15. The molecule has 5 heteroatoms. The van der Waals surface area contributed by atoms with Crippen molar-refractivity contribution >= 4 is 5.82 Å². The normalized spacial score (nSPS) is 24.8. The molecular weight excluding hydrogens is 226 g/mol. The first kappa shape index (κ1) is 12.0. The molecule has 2 saturated heterocycles. The smallest absolute Gasteiger partial charge is 0.124 e. The Morgan fingerprint density at radius 3 is 3.06 bits per heavy atom. The number of nitrogens with one attached hydrogen (secondary N) is 3. The lowest BCUT2D eigenvalue weighted by Crippen LogP contribution is -2.44. The van der Waals surface area contributed by atoms with Crippen molar-refractivity contribution in [1.29, 1.82) is 0 Å². The Bertz CT molecular complexity index is 365. The fraction of sp³-hybridized carbons (Fsp3) is 0.769. The van der Waals surface area contributed by atoms with Crippen molar-refractivity contribution in [3.05, 3.63) is 12.3 Å². The summed E-state index contributed by atoms with van der Waals surface area (Å²) in [6.45, 7) is 4.31. The highest BCUT2D eigenvalue weighted by Crippen LogP contribution is 2.17. The number of rotatable bonds is 5. The summed E-state index contributed by atoms with van der Waals surface area (Å²) in [6.07, 6.45) is 7.13. The van der Waals surface area contributed by atoms with E-state index in [2.05, 4.69) is 31.8 Å². The summed E-state index contributed by atoms with van der Waals surface area (Å²) < 4.78 is 2.12. The van der Waals surface area contributed by atoms with Gasteiger partial charge in [0, 0.05) is 31.7 Å². The fourth-order valence-electron chi connectivity index (χ4n) is 2.74. The van der Waals surface area contributed by atoms with E-state index in [9.17, 15) is 0 Å². The van der Waals surface area contributed by atoms with Crippen molar-refractivity contribution in [2.45, 2.75) is 37.8 Å². The summed E-state index contributed by atoms with van der Waals surface area (Å²) in [5.41, 5.74) is 0. The third-order valence-corrected chi connectivity index (χ3v) is 3.99. The van der Waals surface area contributed by atoms with Gasteiger partial charge < -0.3 is 16.0 Å². The van der Waals surface area contributed by atoms with Gasteiger partial charge in [-0.1, -0.05) is 6.42 Å². The summed E-state index contributed by atoms with van der Waals surface area (Å²) >= 11 is 0. The van der Waals surface area contributed by atoms with Crippen LogP contribution in [0.2, 0.25) is 0 Å². The average molecular weight is 249 g/mol. The molecule has 18 heavy (non-hydrogen) atoms. The van der Waals surface area contributed by atoms with Gasteiger partial charge in [0.2, 0.25) is 0 Å². The minimum atomic E-state index is 0.537. The van der Waals surface area contributed by atoms with E-state index < -0.39 is 0 Å². The van der Waals surface area contributed by atoms with E-state index in [1.54, 1.807) is 0 Å². The van der Waals surface area contributed by atoms with Gasteiger partial charge in [-0.2, -0.15) is 5.10 Å². The third kappa shape index (κ3) is 2.67. The monoisotopic (exact) mass is 249 g/mol. The van der Waals surface area contributed by atoms with Gasteiger partial charge >= 0.3 is 0 Å². The molecule has 0 aromatic carbocycles. The van der Waals surface area contributed by atoms with Gasteiger partial charge in [0.1, 0.15) is 5.82 Å².